The van der Waals surface area contributed by atoms with Crippen LogP contribution in [0.1, 0.15) is 21.6 Å². The lowest BCUT2D eigenvalue weighted by molar-refractivity contribution is -0.138. The maximum absolute atomic E-state index is 13.1. The summed E-state index contributed by atoms with van der Waals surface area (Å²) < 4.78 is 44.9. The summed E-state index contributed by atoms with van der Waals surface area (Å²) >= 11 is 5.53. The highest BCUT2D eigenvalue weighted by atomic mass is 35.5. The molecule has 0 fully saturated rings. The molecule has 0 unspecified atom stereocenters. The molecule has 0 spiro atoms. The number of carbonyl (C=O) groups excluding carboxylic acids is 2. The van der Waals surface area contributed by atoms with E-state index < -0.39 is 34.1 Å². The Hall–Kier alpha value is -4.05. The average Bonchev–Trinajstić information content (AvgIpc) is 2.78. The maximum Gasteiger partial charge on any atom is 0.421 e. The molecule has 34 heavy (non-hydrogen) atoms. The third kappa shape index (κ3) is 6.04. The zero-order valence-corrected chi connectivity index (χ0v) is 18.2. The Morgan fingerprint density at radius 2 is 1.85 bits per heavy atom. The van der Waals surface area contributed by atoms with Crippen molar-refractivity contribution in [1.82, 2.24) is 10.3 Å². The monoisotopic (exact) mass is 491 g/mol. The Morgan fingerprint density at radius 3 is 2.56 bits per heavy atom. The summed E-state index contributed by atoms with van der Waals surface area (Å²) in [6, 6.07) is 11.6. The number of phenolic OH excluding ortho intramolecular Hbond substituents is 1. The molecule has 3 aromatic rings. The van der Waals surface area contributed by atoms with E-state index in [4.69, 9.17) is 16.3 Å². The van der Waals surface area contributed by atoms with Crippen molar-refractivity contribution in [1.29, 1.82) is 0 Å². The fraction of sp³-hybridized carbons (Fsp3) is 0.0870. The van der Waals surface area contributed by atoms with E-state index >= 15 is 0 Å². The van der Waals surface area contributed by atoms with Crippen LogP contribution >= 0.6 is 11.6 Å². The van der Waals surface area contributed by atoms with Gasteiger partial charge < -0.3 is 20.5 Å². The van der Waals surface area contributed by atoms with Gasteiger partial charge in [0.25, 0.3) is 5.91 Å². The number of rotatable bonds is 6. The van der Waals surface area contributed by atoms with Gasteiger partial charge in [-0.1, -0.05) is 23.7 Å². The lowest BCUT2D eigenvalue weighted by atomic mass is 10.1. The Morgan fingerprint density at radius 1 is 1.12 bits per heavy atom. The van der Waals surface area contributed by atoms with E-state index in [9.17, 15) is 27.9 Å². The van der Waals surface area contributed by atoms with Crippen LogP contribution in [-0.2, 0) is 11.0 Å². The summed E-state index contributed by atoms with van der Waals surface area (Å²) in [6.45, 7) is 0. The van der Waals surface area contributed by atoms with Crippen molar-refractivity contribution in [2.45, 2.75) is 6.18 Å². The van der Waals surface area contributed by atoms with E-state index in [1.54, 1.807) is 30.3 Å². The molecule has 0 aliphatic carbocycles. The summed E-state index contributed by atoms with van der Waals surface area (Å²) in [6.07, 6.45) is -0.989. The lowest BCUT2D eigenvalue weighted by Gasteiger charge is -2.14. The standard InChI is InChI=1S/C23H17ClF3N3O4/c1-28-22(33)18-12-15(9-10-29-18)34-14-4-2-3-13(11-14)5-8-19(31)30-17-7-6-16(24)20(21(17)32)23(25,26)27/h2-12,32H,1H3,(H,28,33)(H,30,31)/b8-5+. The molecule has 11 heteroatoms. The Bertz CT molecular complexity index is 1260. The van der Waals surface area contributed by atoms with Crippen LogP contribution in [0.3, 0.4) is 0 Å². The number of hydrogen-bond acceptors (Lipinski definition) is 5. The maximum atomic E-state index is 13.1. The molecule has 176 valence electrons. The second-order valence-electron chi connectivity index (χ2n) is 6.77. The summed E-state index contributed by atoms with van der Waals surface area (Å²) in [5.74, 6) is -1.55. The van der Waals surface area contributed by atoms with Crippen LogP contribution in [0.25, 0.3) is 6.08 Å². The van der Waals surface area contributed by atoms with Crippen molar-refractivity contribution < 1.29 is 32.6 Å². The highest BCUT2D eigenvalue weighted by molar-refractivity contribution is 6.31. The van der Waals surface area contributed by atoms with Gasteiger partial charge in [0.1, 0.15) is 22.8 Å². The van der Waals surface area contributed by atoms with Crippen LogP contribution < -0.4 is 15.4 Å². The van der Waals surface area contributed by atoms with Gasteiger partial charge >= 0.3 is 6.18 Å². The smallest absolute Gasteiger partial charge is 0.421 e. The first-order valence-electron chi connectivity index (χ1n) is 9.62. The van der Waals surface area contributed by atoms with Crippen LogP contribution in [0, 0.1) is 0 Å². The number of aromatic nitrogens is 1. The molecule has 0 bridgehead atoms. The summed E-state index contributed by atoms with van der Waals surface area (Å²) in [5.41, 5.74) is -1.15. The SMILES string of the molecule is CNC(=O)c1cc(Oc2cccc(/C=C/C(=O)Nc3ccc(Cl)c(C(F)(F)F)c3O)c2)ccn1. The van der Waals surface area contributed by atoms with E-state index in [1.807, 2.05) is 0 Å². The number of hydrogen-bond donors (Lipinski definition) is 3. The minimum atomic E-state index is -4.89. The molecule has 0 aliphatic rings. The van der Waals surface area contributed by atoms with Gasteiger partial charge in [-0.15, -0.1) is 0 Å². The molecule has 3 N–H and O–H groups in total. The molecule has 0 saturated heterocycles. The topological polar surface area (TPSA) is 101 Å². The average molecular weight is 492 g/mol. The van der Waals surface area contributed by atoms with E-state index in [0.29, 0.717) is 17.1 Å². The second-order valence-corrected chi connectivity index (χ2v) is 7.18. The van der Waals surface area contributed by atoms with Crippen molar-refractivity contribution in [2.75, 3.05) is 12.4 Å². The first-order chi connectivity index (χ1) is 16.1. The molecule has 2 amide bonds. The van der Waals surface area contributed by atoms with E-state index in [2.05, 4.69) is 15.6 Å². The van der Waals surface area contributed by atoms with Crippen LogP contribution in [0.15, 0.2) is 60.8 Å². The number of aromatic hydroxyl groups is 1. The second kappa shape index (κ2) is 10.3. The summed E-state index contributed by atoms with van der Waals surface area (Å²) in [7, 11) is 1.48. The number of anilines is 1. The zero-order valence-electron chi connectivity index (χ0n) is 17.5. The van der Waals surface area contributed by atoms with Crippen LogP contribution in [-0.4, -0.2) is 29.0 Å². The number of halogens is 4. The van der Waals surface area contributed by atoms with Crippen molar-refractivity contribution in [3.05, 3.63) is 82.6 Å². The minimum absolute atomic E-state index is 0.173. The minimum Gasteiger partial charge on any atom is -0.505 e. The molecular weight excluding hydrogens is 475 g/mol. The zero-order chi connectivity index (χ0) is 24.9. The molecule has 2 aromatic carbocycles. The molecule has 7 nitrogen and oxygen atoms in total. The van der Waals surface area contributed by atoms with Crippen LogP contribution in [0.2, 0.25) is 5.02 Å². The fourth-order valence-corrected chi connectivity index (χ4v) is 3.09. The van der Waals surface area contributed by atoms with Gasteiger partial charge in [-0.2, -0.15) is 13.2 Å². The molecule has 3 rings (SSSR count). The molecule has 0 aliphatic heterocycles. The lowest BCUT2D eigenvalue weighted by Crippen LogP contribution is -2.18. The summed E-state index contributed by atoms with van der Waals surface area (Å²) in [5, 5.41) is 13.9. The van der Waals surface area contributed by atoms with Gasteiger partial charge in [-0.25, -0.2) is 0 Å². The van der Waals surface area contributed by atoms with Crippen molar-refractivity contribution in [3.63, 3.8) is 0 Å². The normalized spacial score (nSPS) is 11.3. The largest absolute Gasteiger partial charge is 0.505 e. The van der Waals surface area contributed by atoms with Gasteiger partial charge in [-0.3, -0.25) is 14.6 Å². The van der Waals surface area contributed by atoms with E-state index in [-0.39, 0.29) is 11.6 Å². The quantitative estimate of drug-likeness (QED) is 0.322. The van der Waals surface area contributed by atoms with E-state index in [1.165, 1.54) is 25.4 Å². The number of benzene rings is 2. The molecule has 0 atom stereocenters. The van der Waals surface area contributed by atoms with Gasteiger partial charge in [-0.05, 0) is 42.0 Å². The molecule has 1 aromatic heterocycles. The molecule has 1 heterocycles. The molecule has 0 radical (unpaired) electrons. The Labute approximate surface area is 196 Å². The van der Waals surface area contributed by atoms with Crippen molar-refractivity contribution in [3.8, 4) is 17.2 Å². The van der Waals surface area contributed by atoms with Gasteiger partial charge in [0.15, 0.2) is 5.75 Å². The van der Waals surface area contributed by atoms with E-state index in [0.717, 1.165) is 18.2 Å². The third-order valence-electron chi connectivity index (χ3n) is 4.38. The highest BCUT2D eigenvalue weighted by Gasteiger charge is 2.37. The number of phenols is 1. The third-order valence-corrected chi connectivity index (χ3v) is 4.70. The number of nitrogens with one attached hydrogen (secondary N) is 2. The Kier molecular flexibility index (Phi) is 7.42. The number of amides is 2. The van der Waals surface area contributed by atoms with Gasteiger partial charge in [0, 0.05) is 25.4 Å². The number of pyridine rings is 1. The number of alkyl halides is 3. The summed E-state index contributed by atoms with van der Waals surface area (Å²) in [4.78, 5) is 27.8. The number of carbonyl (C=O) groups is 2. The predicted octanol–water partition coefficient (Wildman–Crippen LogP) is 5.26. The van der Waals surface area contributed by atoms with Crippen molar-refractivity contribution in [2.24, 2.45) is 0 Å². The van der Waals surface area contributed by atoms with Crippen LogP contribution in [0.4, 0.5) is 18.9 Å². The first-order valence-corrected chi connectivity index (χ1v) is 10.00. The van der Waals surface area contributed by atoms with Gasteiger partial charge in [0.05, 0.1) is 10.7 Å². The highest BCUT2D eigenvalue weighted by Crippen LogP contribution is 2.44. The number of nitrogens with zero attached hydrogens (tertiary/aromatic N) is 1. The first kappa shape index (κ1) is 24.6. The predicted molar refractivity (Wildman–Crippen MR) is 120 cm³/mol. The molecule has 0 saturated carbocycles. The van der Waals surface area contributed by atoms with Crippen LogP contribution in [0.5, 0.6) is 17.2 Å². The Balaban J connectivity index is 1.72. The fourth-order valence-electron chi connectivity index (χ4n) is 2.83. The molecular formula is C23H17ClF3N3O4. The van der Waals surface area contributed by atoms with Gasteiger partial charge in [0.2, 0.25) is 5.91 Å². The van der Waals surface area contributed by atoms with Crippen molar-refractivity contribution >= 4 is 35.2 Å². The number of ether oxygens (including phenoxy) is 1.